The Morgan fingerprint density at radius 3 is 2.41 bits per heavy atom. The van der Waals surface area contributed by atoms with E-state index in [0.29, 0.717) is 11.8 Å². The molecule has 0 aromatic heterocycles. The Morgan fingerprint density at radius 2 is 1.82 bits per heavy atom. The van der Waals surface area contributed by atoms with Crippen molar-refractivity contribution in [1.82, 2.24) is 0 Å². The molecular formula is C16H19Cl. The number of hydrogen-bond acceptors (Lipinski definition) is 0. The molecule has 1 heteroatoms. The summed E-state index contributed by atoms with van der Waals surface area (Å²) in [4.78, 5) is 0. The molecule has 0 bridgehead atoms. The standard InChI is InChI=1S/C16H19Cl/c1-12(2)16(13-7-4-3-5-8-13)14-9-6-10-15(17)11-14/h3-5,7-9,11-12,16H,6,10H2,1-2H3. The van der Waals surface area contributed by atoms with Gasteiger partial charge in [0.2, 0.25) is 0 Å². The minimum absolute atomic E-state index is 0.463. The summed E-state index contributed by atoms with van der Waals surface area (Å²) in [7, 11) is 0. The smallest absolute Gasteiger partial charge is 0.0186 e. The average molecular weight is 247 g/mol. The molecule has 0 N–H and O–H groups in total. The van der Waals surface area contributed by atoms with E-state index in [1.807, 2.05) is 0 Å². The van der Waals surface area contributed by atoms with Crippen molar-refractivity contribution in [2.75, 3.05) is 0 Å². The van der Waals surface area contributed by atoms with Gasteiger partial charge in [0.05, 0.1) is 0 Å². The lowest BCUT2D eigenvalue weighted by Crippen LogP contribution is -2.10. The lowest BCUT2D eigenvalue weighted by atomic mass is 9.80. The van der Waals surface area contributed by atoms with Crippen molar-refractivity contribution in [3.05, 3.63) is 58.7 Å². The predicted octanol–water partition coefficient (Wildman–Crippen LogP) is 5.27. The number of halogens is 1. The Morgan fingerprint density at radius 1 is 1.12 bits per heavy atom. The first-order chi connectivity index (χ1) is 8.18. The topological polar surface area (TPSA) is 0 Å². The molecule has 2 rings (SSSR count). The van der Waals surface area contributed by atoms with Gasteiger partial charge in [-0.2, -0.15) is 0 Å². The van der Waals surface area contributed by atoms with Crippen LogP contribution in [-0.2, 0) is 0 Å². The van der Waals surface area contributed by atoms with E-state index in [0.717, 1.165) is 17.9 Å². The first kappa shape index (κ1) is 12.4. The summed E-state index contributed by atoms with van der Waals surface area (Å²) in [6.07, 6.45) is 6.55. The van der Waals surface area contributed by atoms with Crippen molar-refractivity contribution in [3.8, 4) is 0 Å². The van der Waals surface area contributed by atoms with Gasteiger partial charge in [0.15, 0.2) is 0 Å². The van der Waals surface area contributed by atoms with E-state index >= 15 is 0 Å². The van der Waals surface area contributed by atoms with Crippen LogP contribution in [-0.4, -0.2) is 0 Å². The Hall–Kier alpha value is -1.01. The first-order valence-electron chi connectivity index (χ1n) is 6.29. The van der Waals surface area contributed by atoms with Gasteiger partial charge < -0.3 is 0 Å². The van der Waals surface area contributed by atoms with Gasteiger partial charge in [-0.3, -0.25) is 0 Å². The summed E-state index contributed by atoms with van der Waals surface area (Å²) in [6.45, 7) is 4.55. The molecule has 0 heterocycles. The van der Waals surface area contributed by atoms with E-state index < -0.39 is 0 Å². The molecule has 0 aliphatic heterocycles. The molecule has 1 aromatic rings. The molecule has 1 aliphatic rings. The Labute approximate surface area is 109 Å². The lowest BCUT2D eigenvalue weighted by Gasteiger charge is -2.25. The highest BCUT2D eigenvalue weighted by molar-refractivity contribution is 6.29. The molecule has 0 fully saturated rings. The molecule has 0 spiro atoms. The maximum Gasteiger partial charge on any atom is 0.0186 e. The largest absolute Gasteiger partial charge is 0.0891 e. The minimum atomic E-state index is 0.463. The Bertz CT molecular complexity index is 426. The van der Waals surface area contributed by atoms with Gasteiger partial charge in [-0.1, -0.05) is 61.9 Å². The fraction of sp³-hybridized carbons (Fsp3) is 0.375. The van der Waals surface area contributed by atoms with E-state index in [1.54, 1.807) is 0 Å². The van der Waals surface area contributed by atoms with Crippen LogP contribution in [0, 0.1) is 5.92 Å². The second-order valence-electron chi connectivity index (χ2n) is 4.97. The zero-order valence-electron chi connectivity index (χ0n) is 10.5. The summed E-state index contributed by atoms with van der Waals surface area (Å²) >= 11 is 6.17. The number of benzene rings is 1. The molecule has 0 saturated heterocycles. The minimum Gasteiger partial charge on any atom is -0.0891 e. The third kappa shape index (κ3) is 3.01. The molecule has 1 aromatic carbocycles. The maximum absolute atomic E-state index is 6.17. The van der Waals surface area contributed by atoms with Crippen LogP contribution >= 0.6 is 11.6 Å². The molecule has 1 unspecified atom stereocenters. The van der Waals surface area contributed by atoms with Crippen LogP contribution < -0.4 is 0 Å². The highest BCUT2D eigenvalue weighted by Gasteiger charge is 2.20. The van der Waals surface area contributed by atoms with Crippen LogP contribution in [0.4, 0.5) is 0 Å². The van der Waals surface area contributed by atoms with Crippen LogP contribution in [0.3, 0.4) is 0 Å². The van der Waals surface area contributed by atoms with E-state index in [1.165, 1.54) is 11.1 Å². The van der Waals surface area contributed by atoms with E-state index in [4.69, 9.17) is 11.6 Å². The third-order valence-electron chi connectivity index (χ3n) is 3.27. The van der Waals surface area contributed by atoms with Crippen molar-refractivity contribution in [2.24, 2.45) is 5.92 Å². The number of rotatable bonds is 3. The first-order valence-corrected chi connectivity index (χ1v) is 6.67. The fourth-order valence-corrected chi connectivity index (χ4v) is 2.76. The summed E-state index contributed by atoms with van der Waals surface area (Å²) in [5, 5.41) is 0.990. The summed E-state index contributed by atoms with van der Waals surface area (Å²) in [5.74, 6) is 1.05. The second-order valence-corrected chi connectivity index (χ2v) is 5.45. The van der Waals surface area contributed by atoms with Gasteiger partial charge >= 0.3 is 0 Å². The molecular weight excluding hydrogens is 228 g/mol. The normalized spacial score (nSPS) is 17.6. The fourth-order valence-electron chi connectivity index (χ4n) is 2.53. The van der Waals surface area contributed by atoms with Crippen molar-refractivity contribution < 1.29 is 0 Å². The third-order valence-corrected chi connectivity index (χ3v) is 3.57. The number of allylic oxidation sites excluding steroid dienone is 4. The molecule has 1 atom stereocenters. The van der Waals surface area contributed by atoms with Crippen LogP contribution in [0.25, 0.3) is 0 Å². The summed E-state index contributed by atoms with van der Waals surface area (Å²) in [5.41, 5.74) is 2.76. The van der Waals surface area contributed by atoms with Crippen molar-refractivity contribution >= 4 is 11.6 Å². The van der Waals surface area contributed by atoms with E-state index in [2.05, 4.69) is 56.3 Å². The monoisotopic (exact) mass is 246 g/mol. The molecule has 0 saturated carbocycles. The van der Waals surface area contributed by atoms with Crippen molar-refractivity contribution in [2.45, 2.75) is 32.6 Å². The van der Waals surface area contributed by atoms with Gasteiger partial charge in [0.1, 0.15) is 0 Å². The molecule has 0 nitrogen and oxygen atoms in total. The Balaban J connectivity index is 2.34. The predicted molar refractivity (Wildman–Crippen MR) is 75.3 cm³/mol. The van der Waals surface area contributed by atoms with Gasteiger partial charge in [-0.15, -0.1) is 0 Å². The molecule has 0 radical (unpaired) electrons. The van der Waals surface area contributed by atoms with Crippen LogP contribution in [0.15, 0.2) is 53.1 Å². The van der Waals surface area contributed by atoms with E-state index in [-0.39, 0.29) is 0 Å². The molecule has 1 aliphatic carbocycles. The van der Waals surface area contributed by atoms with Gasteiger partial charge in [-0.05, 0) is 36.0 Å². The zero-order chi connectivity index (χ0) is 12.3. The molecule has 90 valence electrons. The SMILES string of the molecule is CC(C)C(C1=CCCC(Cl)=C1)c1ccccc1. The Kier molecular flexibility index (Phi) is 4.06. The van der Waals surface area contributed by atoms with Crippen LogP contribution in [0.2, 0.25) is 0 Å². The second kappa shape index (κ2) is 5.55. The molecule has 0 amide bonds. The highest BCUT2D eigenvalue weighted by atomic mass is 35.5. The van der Waals surface area contributed by atoms with Crippen LogP contribution in [0.1, 0.15) is 38.2 Å². The quantitative estimate of drug-likeness (QED) is 0.682. The maximum atomic E-state index is 6.17. The number of hydrogen-bond donors (Lipinski definition) is 0. The van der Waals surface area contributed by atoms with Gasteiger partial charge in [0, 0.05) is 11.0 Å². The molecule has 17 heavy (non-hydrogen) atoms. The zero-order valence-corrected chi connectivity index (χ0v) is 11.2. The van der Waals surface area contributed by atoms with Crippen molar-refractivity contribution in [1.29, 1.82) is 0 Å². The van der Waals surface area contributed by atoms with E-state index in [9.17, 15) is 0 Å². The summed E-state index contributed by atoms with van der Waals surface area (Å²) < 4.78 is 0. The highest BCUT2D eigenvalue weighted by Crippen LogP contribution is 2.36. The average Bonchev–Trinajstić information content (AvgIpc) is 2.30. The van der Waals surface area contributed by atoms with Crippen LogP contribution in [0.5, 0.6) is 0 Å². The van der Waals surface area contributed by atoms with Gasteiger partial charge in [0.25, 0.3) is 0 Å². The lowest BCUT2D eigenvalue weighted by molar-refractivity contribution is 0.559. The van der Waals surface area contributed by atoms with Gasteiger partial charge in [-0.25, -0.2) is 0 Å². The summed E-state index contributed by atoms with van der Waals surface area (Å²) in [6, 6.07) is 10.7. The van der Waals surface area contributed by atoms with Crippen molar-refractivity contribution in [3.63, 3.8) is 0 Å².